The van der Waals surface area contributed by atoms with Gasteiger partial charge in [-0.15, -0.1) is 0 Å². The summed E-state index contributed by atoms with van der Waals surface area (Å²) in [6.07, 6.45) is -0.723. The van der Waals surface area contributed by atoms with Gasteiger partial charge in [0.25, 0.3) is 5.91 Å². The number of methoxy groups -OCH3 is 1. The van der Waals surface area contributed by atoms with Crippen LogP contribution in [-0.2, 0) is 4.79 Å². The molecule has 0 saturated heterocycles. The third-order valence-corrected chi connectivity index (χ3v) is 3.14. The highest BCUT2D eigenvalue weighted by Gasteiger charge is 2.15. The summed E-state index contributed by atoms with van der Waals surface area (Å²) in [6.45, 7) is 1.63. The van der Waals surface area contributed by atoms with Crippen LogP contribution in [-0.4, -0.2) is 25.0 Å². The predicted octanol–water partition coefficient (Wildman–Crippen LogP) is 2.20. The molecule has 23 heavy (non-hydrogen) atoms. The Balaban J connectivity index is 2.02. The van der Waals surface area contributed by atoms with E-state index in [1.165, 1.54) is 6.07 Å². The first-order valence-corrected chi connectivity index (χ1v) is 7.01. The van der Waals surface area contributed by atoms with Gasteiger partial charge < -0.3 is 20.5 Å². The maximum Gasteiger partial charge on any atom is 0.265 e. The number of benzene rings is 2. The maximum absolute atomic E-state index is 12.2. The van der Waals surface area contributed by atoms with Crippen molar-refractivity contribution in [3.8, 4) is 11.5 Å². The quantitative estimate of drug-likeness (QED) is 0.855. The van der Waals surface area contributed by atoms with Crippen LogP contribution in [0.2, 0.25) is 0 Å². The Bertz CT molecular complexity index is 715. The summed E-state index contributed by atoms with van der Waals surface area (Å²) >= 11 is 0. The van der Waals surface area contributed by atoms with E-state index in [9.17, 15) is 9.59 Å². The van der Waals surface area contributed by atoms with E-state index in [0.29, 0.717) is 22.7 Å². The molecule has 0 aromatic heterocycles. The van der Waals surface area contributed by atoms with Gasteiger partial charge in [0.15, 0.2) is 6.10 Å². The number of hydrogen-bond donors (Lipinski definition) is 2. The van der Waals surface area contributed by atoms with E-state index in [1.54, 1.807) is 56.5 Å². The number of nitrogens with one attached hydrogen (secondary N) is 1. The minimum absolute atomic E-state index is 0.323. The summed E-state index contributed by atoms with van der Waals surface area (Å²) < 4.78 is 10.7. The first kappa shape index (κ1) is 16.4. The highest BCUT2D eigenvalue weighted by molar-refractivity contribution is 5.97. The van der Waals surface area contributed by atoms with Gasteiger partial charge in [-0.3, -0.25) is 9.59 Å². The van der Waals surface area contributed by atoms with Crippen molar-refractivity contribution in [2.24, 2.45) is 5.73 Å². The van der Waals surface area contributed by atoms with Crippen molar-refractivity contribution in [3.63, 3.8) is 0 Å². The summed E-state index contributed by atoms with van der Waals surface area (Å²) in [6, 6.07) is 13.4. The minimum atomic E-state index is -0.723. The molecule has 0 bridgehead atoms. The molecule has 0 heterocycles. The fourth-order valence-electron chi connectivity index (χ4n) is 1.93. The molecule has 6 heteroatoms. The summed E-state index contributed by atoms with van der Waals surface area (Å²) in [5, 5.41) is 2.68. The van der Waals surface area contributed by atoms with E-state index in [-0.39, 0.29) is 5.91 Å². The Morgan fingerprint density at radius 1 is 1.09 bits per heavy atom. The van der Waals surface area contributed by atoms with E-state index in [1.807, 2.05) is 0 Å². The summed E-state index contributed by atoms with van der Waals surface area (Å²) in [7, 11) is 1.56. The zero-order valence-corrected chi connectivity index (χ0v) is 12.9. The van der Waals surface area contributed by atoms with Crippen LogP contribution >= 0.6 is 0 Å². The molecule has 1 unspecified atom stereocenters. The van der Waals surface area contributed by atoms with Crippen molar-refractivity contribution in [3.05, 3.63) is 54.1 Å². The van der Waals surface area contributed by atoms with Crippen LogP contribution < -0.4 is 20.5 Å². The monoisotopic (exact) mass is 314 g/mol. The molecule has 0 spiro atoms. The maximum atomic E-state index is 12.2. The molecule has 0 fully saturated rings. The van der Waals surface area contributed by atoms with Crippen molar-refractivity contribution in [1.82, 2.24) is 0 Å². The Kier molecular flexibility index (Phi) is 5.19. The fourth-order valence-corrected chi connectivity index (χ4v) is 1.93. The van der Waals surface area contributed by atoms with E-state index < -0.39 is 12.0 Å². The van der Waals surface area contributed by atoms with Crippen LogP contribution in [0, 0.1) is 0 Å². The van der Waals surface area contributed by atoms with Crippen LogP contribution in [0.3, 0.4) is 0 Å². The zero-order valence-electron chi connectivity index (χ0n) is 12.9. The molecular weight excluding hydrogens is 296 g/mol. The number of anilines is 1. The molecular formula is C17H18N2O4. The lowest BCUT2D eigenvalue weighted by molar-refractivity contribution is -0.122. The number of amides is 2. The van der Waals surface area contributed by atoms with E-state index in [4.69, 9.17) is 15.2 Å². The molecule has 2 aromatic carbocycles. The van der Waals surface area contributed by atoms with Gasteiger partial charge in [-0.05, 0) is 37.3 Å². The lowest BCUT2D eigenvalue weighted by Gasteiger charge is -2.15. The van der Waals surface area contributed by atoms with Crippen LogP contribution in [0.5, 0.6) is 11.5 Å². The topological polar surface area (TPSA) is 90.7 Å². The summed E-state index contributed by atoms with van der Waals surface area (Å²) in [4.78, 5) is 23.3. The van der Waals surface area contributed by atoms with E-state index >= 15 is 0 Å². The zero-order chi connectivity index (χ0) is 16.8. The summed E-state index contributed by atoms with van der Waals surface area (Å²) in [5.41, 5.74) is 6.02. The van der Waals surface area contributed by atoms with Crippen LogP contribution in [0.25, 0.3) is 0 Å². The van der Waals surface area contributed by atoms with Gasteiger partial charge >= 0.3 is 0 Å². The third-order valence-electron chi connectivity index (χ3n) is 3.14. The van der Waals surface area contributed by atoms with Crippen molar-refractivity contribution in [2.75, 3.05) is 12.4 Å². The van der Waals surface area contributed by atoms with Gasteiger partial charge in [0.2, 0.25) is 5.91 Å². The number of carbonyl (C=O) groups is 2. The Morgan fingerprint density at radius 3 is 2.48 bits per heavy atom. The van der Waals surface area contributed by atoms with E-state index in [0.717, 1.165) is 0 Å². The second-order valence-electron chi connectivity index (χ2n) is 4.87. The molecule has 0 aliphatic rings. The molecule has 120 valence electrons. The number of primary amides is 1. The van der Waals surface area contributed by atoms with Crippen LogP contribution in [0.4, 0.5) is 5.69 Å². The first-order chi connectivity index (χ1) is 11.0. The van der Waals surface area contributed by atoms with Crippen molar-refractivity contribution in [2.45, 2.75) is 13.0 Å². The average Bonchev–Trinajstić information content (AvgIpc) is 2.55. The number of ether oxygens (including phenoxy) is 2. The third kappa shape index (κ3) is 4.47. The Morgan fingerprint density at radius 2 is 1.78 bits per heavy atom. The number of carbonyl (C=O) groups excluding carboxylic acids is 2. The largest absolute Gasteiger partial charge is 0.497 e. The predicted molar refractivity (Wildman–Crippen MR) is 86.7 cm³/mol. The van der Waals surface area contributed by atoms with Gasteiger partial charge in [-0.2, -0.15) is 0 Å². The summed E-state index contributed by atoms with van der Waals surface area (Å²) in [5.74, 6) is 0.276. The molecule has 3 N–H and O–H groups in total. The smallest absolute Gasteiger partial charge is 0.265 e. The van der Waals surface area contributed by atoms with Gasteiger partial charge in [-0.25, -0.2) is 0 Å². The van der Waals surface area contributed by atoms with Crippen molar-refractivity contribution in [1.29, 1.82) is 0 Å². The molecule has 2 rings (SSSR count). The molecule has 6 nitrogen and oxygen atoms in total. The molecule has 1 atom stereocenters. The van der Waals surface area contributed by atoms with Gasteiger partial charge in [-0.1, -0.05) is 12.1 Å². The van der Waals surface area contributed by atoms with Gasteiger partial charge in [0, 0.05) is 17.3 Å². The minimum Gasteiger partial charge on any atom is -0.497 e. The first-order valence-electron chi connectivity index (χ1n) is 7.01. The number of hydrogen-bond acceptors (Lipinski definition) is 4. The second-order valence-corrected chi connectivity index (χ2v) is 4.87. The van der Waals surface area contributed by atoms with E-state index in [2.05, 4.69) is 5.32 Å². The number of rotatable bonds is 6. The second kappa shape index (κ2) is 7.31. The SMILES string of the molecule is COc1cccc(OC(C)C(=O)Nc2cccc(C(N)=O)c2)c1. The van der Waals surface area contributed by atoms with Crippen molar-refractivity contribution >= 4 is 17.5 Å². The Labute approximate surface area is 134 Å². The molecule has 0 aliphatic heterocycles. The fraction of sp³-hybridized carbons (Fsp3) is 0.176. The molecule has 2 amide bonds. The lowest BCUT2D eigenvalue weighted by Crippen LogP contribution is -2.30. The molecule has 2 aromatic rings. The standard InChI is InChI=1S/C17H18N2O4/c1-11(23-15-8-4-7-14(10-15)22-2)17(21)19-13-6-3-5-12(9-13)16(18)20/h3-11H,1-2H3,(H2,18,20)(H,19,21). The average molecular weight is 314 g/mol. The van der Waals surface area contributed by atoms with Gasteiger partial charge in [0.05, 0.1) is 7.11 Å². The van der Waals surface area contributed by atoms with Gasteiger partial charge in [0.1, 0.15) is 11.5 Å². The Hall–Kier alpha value is -3.02. The normalized spacial score (nSPS) is 11.4. The highest BCUT2D eigenvalue weighted by Crippen LogP contribution is 2.20. The van der Waals surface area contributed by atoms with Crippen LogP contribution in [0.1, 0.15) is 17.3 Å². The molecule has 0 saturated carbocycles. The molecule has 0 aliphatic carbocycles. The van der Waals surface area contributed by atoms with Crippen molar-refractivity contribution < 1.29 is 19.1 Å². The lowest BCUT2D eigenvalue weighted by atomic mass is 10.2. The number of nitrogens with two attached hydrogens (primary N) is 1. The molecule has 0 radical (unpaired) electrons. The van der Waals surface area contributed by atoms with Crippen LogP contribution in [0.15, 0.2) is 48.5 Å². The highest BCUT2D eigenvalue weighted by atomic mass is 16.5.